The Bertz CT molecular complexity index is 471. The van der Waals surface area contributed by atoms with Gasteiger partial charge in [-0.25, -0.2) is 0 Å². The summed E-state index contributed by atoms with van der Waals surface area (Å²) in [6.45, 7) is 3.22. The van der Waals surface area contributed by atoms with E-state index in [4.69, 9.17) is 6.42 Å². The van der Waals surface area contributed by atoms with Crippen LogP contribution in [0.15, 0.2) is 24.3 Å². The van der Waals surface area contributed by atoms with Crippen LogP contribution in [0.3, 0.4) is 0 Å². The van der Waals surface area contributed by atoms with Crippen molar-refractivity contribution >= 4 is 0 Å². The van der Waals surface area contributed by atoms with E-state index in [-0.39, 0.29) is 6.04 Å². The van der Waals surface area contributed by atoms with Crippen molar-refractivity contribution in [3.63, 3.8) is 0 Å². The first-order valence-electron chi connectivity index (χ1n) is 7.14. The molecule has 0 spiro atoms. The van der Waals surface area contributed by atoms with Gasteiger partial charge >= 0.3 is 0 Å². The highest BCUT2D eigenvalue weighted by Gasteiger charge is 2.55. The Labute approximate surface area is 110 Å². The summed E-state index contributed by atoms with van der Waals surface area (Å²) in [6, 6.07) is 9.18. The number of terminal acetylenes is 1. The molecule has 18 heavy (non-hydrogen) atoms. The maximum Gasteiger partial charge on any atom is 0.0724 e. The summed E-state index contributed by atoms with van der Waals surface area (Å²) in [5.74, 6) is 5.19. The van der Waals surface area contributed by atoms with Gasteiger partial charge in [0.1, 0.15) is 0 Å². The quantitative estimate of drug-likeness (QED) is 0.797. The van der Waals surface area contributed by atoms with Crippen molar-refractivity contribution in [3.05, 3.63) is 35.4 Å². The molecule has 0 saturated heterocycles. The summed E-state index contributed by atoms with van der Waals surface area (Å²) in [4.78, 5) is 0. The molecule has 2 aliphatic rings. The lowest BCUT2D eigenvalue weighted by atomic mass is 9.92. The monoisotopic (exact) mass is 239 g/mol. The summed E-state index contributed by atoms with van der Waals surface area (Å²) in [5.41, 5.74) is 3.12. The highest BCUT2D eigenvalue weighted by molar-refractivity contribution is 5.41. The summed E-state index contributed by atoms with van der Waals surface area (Å²) in [6.07, 6.45) is 9.42. The van der Waals surface area contributed by atoms with Crippen molar-refractivity contribution < 1.29 is 0 Å². The Morgan fingerprint density at radius 2 is 2.28 bits per heavy atom. The van der Waals surface area contributed by atoms with Gasteiger partial charge < -0.3 is 5.32 Å². The third kappa shape index (κ3) is 1.85. The topological polar surface area (TPSA) is 12.0 Å². The van der Waals surface area contributed by atoms with Gasteiger partial charge in [0.15, 0.2) is 0 Å². The number of hydrogen-bond donors (Lipinski definition) is 1. The van der Waals surface area contributed by atoms with Crippen LogP contribution >= 0.6 is 0 Å². The molecule has 94 valence electrons. The maximum absolute atomic E-state index is 5.72. The van der Waals surface area contributed by atoms with E-state index in [1.165, 1.54) is 12.8 Å². The second kappa shape index (κ2) is 4.78. The van der Waals surface area contributed by atoms with E-state index in [1.54, 1.807) is 11.1 Å². The molecule has 1 aromatic carbocycles. The zero-order valence-electron chi connectivity index (χ0n) is 11.0. The highest BCUT2D eigenvalue weighted by Crippen LogP contribution is 2.61. The first-order valence-corrected chi connectivity index (χ1v) is 7.14. The van der Waals surface area contributed by atoms with Crippen molar-refractivity contribution in [2.45, 2.75) is 38.1 Å². The van der Waals surface area contributed by atoms with Crippen LogP contribution in [0.25, 0.3) is 0 Å². The van der Waals surface area contributed by atoms with E-state index < -0.39 is 0 Å². The molecule has 1 nitrogen and oxygen atoms in total. The van der Waals surface area contributed by atoms with Crippen LogP contribution in [0, 0.1) is 24.2 Å². The minimum Gasteiger partial charge on any atom is -0.303 e. The Hall–Kier alpha value is -1.26. The molecule has 4 atom stereocenters. The van der Waals surface area contributed by atoms with Crippen molar-refractivity contribution in [1.82, 2.24) is 5.32 Å². The predicted molar refractivity (Wildman–Crippen MR) is 75.4 cm³/mol. The molecule has 1 heteroatoms. The number of aryl methyl sites for hydroxylation is 1. The van der Waals surface area contributed by atoms with Crippen LogP contribution in [0.5, 0.6) is 0 Å². The standard InChI is InChI=1S/C17H21N/c1-3-11-18-15(4-2)17-14-10-9-12-7-5-6-8-13(12)16(14)17/h2,5-8,14-18H,3,9-11H2,1H3. The van der Waals surface area contributed by atoms with E-state index in [2.05, 4.69) is 42.4 Å². The maximum atomic E-state index is 5.72. The molecule has 2 aliphatic carbocycles. The smallest absolute Gasteiger partial charge is 0.0724 e. The van der Waals surface area contributed by atoms with Gasteiger partial charge in [-0.05, 0) is 54.7 Å². The molecule has 0 aromatic heterocycles. The molecule has 0 radical (unpaired) electrons. The molecular weight excluding hydrogens is 218 g/mol. The molecule has 3 rings (SSSR count). The van der Waals surface area contributed by atoms with Gasteiger partial charge in [-0.3, -0.25) is 0 Å². The van der Waals surface area contributed by atoms with Crippen LogP contribution in [0.2, 0.25) is 0 Å². The highest BCUT2D eigenvalue weighted by atomic mass is 14.9. The van der Waals surface area contributed by atoms with Gasteiger partial charge in [0.05, 0.1) is 6.04 Å². The van der Waals surface area contributed by atoms with Crippen LogP contribution in [0.4, 0.5) is 0 Å². The molecule has 1 saturated carbocycles. The fourth-order valence-electron chi connectivity index (χ4n) is 3.68. The van der Waals surface area contributed by atoms with Gasteiger partial charge in [0, 0.05) is 0 Å². The summed E-state index contributed by atoms with van der Waals surface area (Å²) < 4.78 is 0. The van der Waals surface area contributed by atoms with Crippen molar-refractivity contribution in [3.8, 4) is 12.3 Å². The third-order valence-corrected chi connectivity index (χ3v) is 4.57. The number of fused-ring (bicyclic) bond motifs is 3. The summed E-state index contributed by atoms with van der Waals surface area (Å²) in [5, 5.41) is 3.53. The number of nitrogens with one attached hydrogen (secondary N) is 1. The minimum atomic E-state index is 0.270. The van der Waals surface area contributed by atoms with E-state index in [0.29, 0.717) is 5.92 Å². The SMILES string of the molecule is C#CC(NCCC)C1C2CCc3ccccc3C21. The van der Waals surface area contributed by atoms with Crippen LogP contribution in [0.1, 0.15) is 36.8 Å². The second-order valence-corrected chi connectivity index (χ2v) is 5.60. The van der Waals surface area contributed by atoms with Crippen molar-refractivity contribution in [1.29, 1.82) is 0 Å². The zero-order valence-corrected chi connectivity index (χ0v) is 11.0. The molecule has 0 aliphatic heterocycles. The second-order valence-electron chi connectivity index (χ2n) is 5.60. The lowest BCUT2D eigenvalue weighted by molar-refractivity contribution is 0.512. The van der Waals surface area contributed by atoms with Crippen LogP contribution in [-0.4, -0.2) is 12.6 Å². The molecule has 4 unspecified atom stereocenters. The zero-order chi connectivity index (χ0) is 12.5. The molecule has 0 amide bonds. The number of hydrogen-bond acceptors (Lipinski definition) is 1. The third-order valence-electron chi connectivity index (χ3n) is 4.57. The largest absolute Gasteiger partial charge is 0.303 e. The Balaban J connectivity index is 1.78. The fourth-order valence-corrected chi connectivity index (χ4v) is 3.68. The van der Waals surface area contributed by atoms with Gasteiger partial charge in [0.2, 0.25) is 0 Å². The van der Waals surface area contributed by atoms with E-state index in [9.17, 15) is 0 Å². The van der Waals surface area contributed by atoms with Gasteiger partial charge in [0.25, 0.3) is 0 Å². The molecule has 0 heterocycles. The molecule has 0 bridgehead atoms. The van der Waals surface area contributed by atoms with Crippen LogP contribution in [-0.2, 0) is 6.42 Å². The molecule has 1 fully saturated rings. The Kier molecular flexibility index (Phi) is 3.14. The van der Waals surface area contributed by atoms with E-state index >= 15 is 0 Å². The molecule has 1 aromatic rings. The van der Waals surface area contributed by atoms with Crippen molar-refractivity contribution in [2.75, 3.05) is 6.54 Å². The Morgan fingerprint density at radius 1 is 1.44 bits per heavy atom. The lowest BCUT2D eigenvalue weighted by Gasteiger charge is -2.13. The van der Waals surface area contributed by atoms with Crippen LogP contribution < -0.4 is 5.32 Å². The number of rotatable bonds is 4. The van der Waals surface area contributed by atoms with Gasteiger partial charge in [-0.15, -0.1) is 6.42 Å². The first-order chi connectivity index (χ1) is 8.86. The normalized spacial score (nSPS) is 29.9. The van der Waals surface area contributed by atoms with Gasteiger partial charge in [-0.1, -0.05) is 37.1 Å². The van der Waals surface area contributed by atoms with Gasteiger partial charge in [-0.2, -0.15) is 0 Å². The molecule has 1 N–H and O–H groups in total. The van der Waals surface area contributed by atoms with Crippen molar-refractivity contribution in [2.24, 2.45) is 11.8 Å². The minimum absolute atomic E-state index is 0.270. The van der Waals surface area contributed by atoms with E-state index in [0.717, 1.165) is 24.8 Å². The Morgan fingerprint density at radius 3 is 3.06 bits per heavy atom. The number of benzene rings is 1. The predicted octanol–water partition coefficient (Wildman–Crippen LogP) is 2.96. The lowest BCUT2D eigenvalue weighted by Crippen LogP contribution is -2.31. The summed E-state index contributed by atoms with van der Waals surface area (Å²) in [7, 11) is 0. The average molecular weight is 239 g/mol. The average Bonchev–Trinajstić information content (AvgIpc) is 3.15. The van der Waals surface area contributed by atoms with E-state index in [1.807, 2.05) is 0 Å². The first kappa shape index (κ1) is 11.8. The molecular formula is C17H21N. The fraction of sp³-hybridized carbons (Fsp3) is 0.529. The summed E-state index contributed by atoms with van der Waals surface area (Å²) >= 11 is 0.